The van der Waals surface area contributed by atoms with E-state index in [0.29, 0.717) is 21.8 Å². The highest BCUT2D eigenvalue weighted by molar-refractivity contribution is 6.36. The second kappa shape index (κ2) is 6.79. The van der Waals surface area contributed by atoms with Gasteiger partial charge in [0.05, 0.1) is 10.7 Å². The van der Waals surface area contributed by atoms with Crippen LogP contribution in [-0.4, -0.2) is 23.4 Å². The third-order valence-electron chi connectivity index (χ3n) is 5.29. The molecule has 2 fully saturated rings. The van der Waals surface area contributed by atoms with Crippen LogP contribution in [0.2, 0.25) is 10.0 Å². The van der Waals surface area contributed by atoms with Gasteiger partial charge in [-0.25, -0.2) is 0 Å². The highest BCUT2D eigenvalue weighted by Crippen LogP contribution is 2.52. The van der Waals surface area contributed by atoms with Crippen LogP contribution in [0.5, 0.6) is 0 Å². The normalized spacial score (nSPS) is 27.2. The van der Waals surface area contributed by atoms with Gasteiger partial charge in [0, 0.05) is 23.8 Å². The molecule has 26 heavy (non-hydrogen) atoms. The van der Waals surface area contributed by atoms with E-state index in [4.69, 9.17) is 23.2 Å². The predicted molar refractivity (Wildman–Crippen MR) is 105 cm³/mol. The molecular formula is C20H23Cl2N3O. The van der Waals surface area contributed by atoms with E-state index in [1.54, 1.807) is 24.4 Å². The zero-order valence-corrected chi connectivity index (χ0v) is 16.8. The zero-order valence-electron chi connectivity index (χ0n) is 15.3. The summed E-state index contributed by atoms with van der Waals surface area (Å²) >= 11 is 12.0. The van der Waals surface area contributed by atoms with Crippen molar-refractivity contribution in [2.75, 3.05) is 11.9 Å². The lowest BCUT2D eigenvalue weighted by Gasteiger charge is -2.39. The van der Waals surface area contributed by atoms with Gasteiger partial charge in [0.2, 0.25) is 0 Å². The smallest absolute Gasteiger partial charge is 0.267 e. The number of likely N-dealkylation sites (tertiary alicyclic amines) is 1. The fourth-order valence-electron chi connectivity index (χ4n) is 4.74. The minimum absolute atomic E-state index is 0.0879. The van der Waals surface area contributed by atoms with Gasteiger partial charge in [0.1, 0.15) is 11.6 Å². The van der Waals surface area contributed by atoms with Gasteiger partial charge in [-0.05, 0) is 48.3 Å². The standard InChI is InChI=1S/C20H23Cl2N3O/c1-19(2)7-15-8-20(3,11-19)12-25(15)10-13(9-23)18(26)24-17-5-4-14(21)6-16(17)22/h4-6,10,15H,7-8,11-12H2,1-3H3,(H,24,26)/b13-10-. The number of carbonyl (C=O) groups excluding carboxylic acids is 1. The van der Waals surface area contributed by atoms with Crippen LogP contribution in [0.4, 0.5) is 5.69 Å². The lowest BCUT2D eigenvalue weighted by molar-refractivity contribution is -0.112. The average Bonchev–Trinajstić information content (AvgIpc) is 2.75. The predicted octanol–water partition coefficient (Wildman–Crippen LogP) is 5.24. The third kappa shape index (κ3) is 4.00. The molecule has 1 amide bonds. The molecule has 0 spiro atoms. The van der Waals surface area contributed by atoms with Crippen molar-refractivity contribution < 1.29 is 4.79 Å². The summed E-state index contributed by atoms with van der Waals surface area (Å²) in [6.45, 7) is 7.77. The van der Waals surface area contributed by atoms with E-state index in [2.05, 4.69) is 31.0 Å². The summed E-state index contributed by atoms with van der Waals surface area (Å²) in [7, 11) is 0. The van der Waals surface area contributed by atoms with Crippen molar-refractivity contribution in [3.63, 3.8) is 0 Å². The molecule has 1 aliphatic carbocycles. The van der Waals surface area contributed by atoms with Crippen LogP contribution in [-0.2, 0) is 4.79 Å². The highest BCUT2D eigenvalue weighted by atomic mass is 35.5. The molecule has 0 aromatic heterocycles. The Morgan fingerprint density at radius 3 is 2.73 bits per heavy atom. The summed E-state index contributed by atoms with van der Waals surface area (Å²) in [5.74, 6) is -0.456. The molecule has 2 atom stereocenters. The van der Waals surface area contributed by atoms with Crippen molar-refractivity contribution in [1.29, 1.82) is 5.26 Å². The van der Waals surface area contributed by atoms with E-state index in [9.17, 15) is 10.1 Å². The summed E-state index contributed by atoms with van der Waals surface area (Å²) in [5, 5.41) is 13.0. The van der Waals surface area contributed by atoms with Gasteiger partial charge in [0.15, 0.2) is 0 Å². The maximum Gasteiger partial charge on any atom is 0.267 e. The number of carbonyl (C=O) groups is 1. The number of anilines is 1. The van der Waals surface area contributed by atoms with E-state index in [1.165, 1.54) is 0 Å². The van der Waals surface area contributed by atoms with Gasteiger partial charge in [-0.15, -0.1) is 0 Å². The molecule has 1 heterocycles. The van der Waals surface area contributed by atoms with E-state index in [1.807, 2.05) is 6.07 Å². The van der Waals surface area contributed by atoms with Gasteiger partial charge in [-0.3, -0.25) is 4.79 Å². The van der Waals surface area contributed by atoms with Crippen LogP contribution < -0.4 is 5.32 Å². The quantitative estimate of drug-likeness (QED) is 0.565. The van der Waals surface area contributed by atoms with Crippen LogP contribution in [0.15, 0.2) is 30.0 Å². The molecular weight excluding hydrogens is 369 g/mol. The second-order valence-corrected chi connectivity index (χ2v) is 9.46. The summed E-state index contributed by atoms with van der Waals surface area (Å²) < 4.78 is 0. The van der Waals surface area contributed by atoms with Gasteiger partial charge in [0.25, 0.3) is 5.91 Å². The van der Waals surface area contributed by atoms with Crippen molar-refractivity contribution >= 4 is 34.8 Å². The molecule has 138 valence electrons. The first-order valence-corrected chi connectivity index (χ1v) is 9.51. The average molecular weight is 392 g/mol. The summed E-state index contributed by atoms with van der Waals surface area (Å²) in [6, 6.07) is 7.23. The molecule has 4 nitrogen and oxygen atoms in total. The monoisotopic (exact) mass is 391 g/mol. The number of benzene rings is 1. The number of nitrogens with zero attached hydrogens (tertiary/aromatic N) is 2. The number of halogens is 2. The molecule has 3 rings (SSSR count). The van der Waals surface area contributed by atoms with Crippen LogP contribution in [0, 0.1) is 22.2 Å². The number of rotatable bonds is 3. The number of amides is 1. The Morgan fingerprint density at radius 2 is 2.08 bits per heavy atom. The molecule has 2 aliphatic rings. The van der Waals surface area contributed by atoms with Gasteiger partial charge < -0.3 is 10.2 Å². The molecule has 1 aromatic rings. The minimum atomic E-state index is -0.456. The Hall–Kier alpha value is -1.70. The molecule has 2 bridgehead atoms. The summed E-state index contributed by atoms with van der Waals surface area (Å²) in [4.78, 5) is 14.7. The first-order valence-electron chi connectivity index (χ1n) is 8.75. The minimum Gasteiger partial charge on any atom is -0.373 e. The zero-order chi connectivity index (χ0) is 19.1. The first kappa shape index (κ1) is 19.1. The summed E-state index contributed by atoms with van der Waals surface area (Å²) in [5.41, 5.74) is 1.05. The van der Waals surface area contributed by atoms with Crippen molar-refractivity contribution in [2.45, 2.75) is 46.1 Å². The number of hydrogen-bond donors (Lipinski definition) is 1. The molecule has 1 aromatic carbocycles. The number of fused-ring (bicyclic) bond motifs is 2. The summed E-state index contributed by atoms with van der Waals surface area (Å²) in [6.07, 6.45) is 5.06. The lowest BCUT2D eigenvalue weighted by Crippen LogP contribution is -2.33. The van der Waals surface area contributed by atoms with Gasteiger partial charge in [-0.2, -0.15) is 5.26 Å². The number of nitriles is 1. The molecule has 1 saturated heterocycles. The van der Waals surface area contributed by atoms with Crippen molar-refractivity contribution in [3.05, 3.63) is 40.0 Å². The van der Waals surface area contributed by atoms with Crippen LogP contribution >= 0.6 is 23.2 Å². The SMILES string of the molecule is CC1(C)CC2CC(C)(CN2/C=C(/C#N)C(=O)Nc2ccc(Cl)cc2Cl)C1. The molecule has 6 heteroatoms. The topological polar surface area (TPSA) is 56.1 Å². The maximum absolute atomic E-state index is 12.5. The Morgan fingerprint density at radius 1 is 1.35 bits per heavy atom. The van der Waals surface area contributed by atoms with E-state index >= 15 is 0 Å². The number of hydrogen-bond acceptors (Lipinski definition) is 3. The Bertz CT molecular complexity index is 812. The van der Waals surface area contributed by atoms with Crippen molar-refractivity contribution in [1.82, 2.24) is 4.90 Å². The second-order valence-electron chi connectivity index (χ2n) is 8.62. The van der Waals surface area contributed by atoms with Crippen molar-refractivity contribution in [3.8, 4) is 6.07 Å². The van der Waals surface area contributed by atoms with Gasteiger partial charge in [-0.1, -0.05) is 44.0 Å². The molecule has 1 N–H and O–H groups in total. The maximum atomic E-state index is 12.5. The largest absolute Gasteiger partial charge is 0.373 e. The Balaban J connectivity index is 1.78. The van der Waals surface area contributed by atoms with Crippen LogP contribution in [0.25, 0.3) is 0 Å². The van der Waals surface area contributed by atoms with E-state index in [0.717, 1.165) is 25.8 Å². The molecule has 1 saturated carbocycles. The Labute approximate surface area is 164 Å². The van der Waals surface area contributed by atoms with Crippen LogP contribution in [0.3, 0.4) is 0 Å². The first-order chi connectivity index (χ1) is 12.1. The van der Waals surface area contributed by atoms with Crippen molar-refractivity contribution in [2.24, 2.45) is 10.8 Å². The fourth-order valence-corrected chi connectivity index (χ4v) is 5.19. The number of nitrogens with one attached hydrogen (secondary N) is 1. The van der Waals surface area contributed by atoms with E-state index < -0.39 is 5.91 Å². The van der Waals surface area contributed by atoms with E-state index in [-0.39, 0.29) is 16.4 Å². The lowest BCUT2D eigenvalue weighted by atomic mass is 9.65. The Kier molecular flexibility index (Phi) is 4.98. The highest BCUT2D eigenvalue weighted by Gasteiger charge is 2.48. The van der Waals surface area contributed by atoms with Gasteiger partial charge >= 0.3 is 0 Å². The molecule has 0 radical (unpaired) electrons. The molecule has 1 aliphatic heterocycles. The fraction of sp³-hybridized carbons (Fsp3) is 0.500. The molecule has 2 unspecified atom stereocenters. The third-order valence-corrected chi connectivity index (χ3v) is 5.84. The van der Waals surface area contributed by atoms with Crippen LogP contribution in [0.1, 0.15) is 40.0 Å².